The van der Waals surface area contributed by atoms with Crippen molar-refractivity contribution in [2.45, 2.75) is 13.8 Å². The van der Waals surface area contributed by atoms with Crippen molar-refractivity contribution in [3.63, 3.8) is 0 Å². The van der Waals surface area contributed by atoms with E-state index in [4.69, 9.17) is 0 Å². The molecule has 0 aromatic heterocycles. The summed E-state index contributed by atoms with van der Waals surface area (Å²) in [4.78, 5) is 22.1. The Morgan fingerprint density at radius 3 is 2.19 bits per heavy atom. The molecular weight excluding hydrogens is 206 g/mol. The molecule has 0 saturated heterocycles. The van der Waals surface area contributed by atoms with E-state index in [2.05, 4.69) is 16.0 Å². The fourth-order valence-corrected chi connectivity index (χ4v) is 1.28. The molecule has 0 spiro atoms. The van der Waals surface area contributed by atoms with E-state index in [1.165, 1.54) is 6.92 Å². The molecule has 86 valence electrons. The van der Waals surface area contributed by atoms with E-state index in [-0.39, 0.29) is 11.9 Å². The number of hydrogen-bond acceptors (Lipinski definition) is 2. The van der Waals surface area contributed by atoms with E-state index in [1.807, 2.05) is 6.92 Å². The van der Waals surface area contributed by atoms with Crippen LogP contribution in [0.2, 0.25) is 0 Å². The number of rotatable bonds is 2. The second-order valence-electron chi connectivity index (χ2n) is 3.36. The number of nitrogens with one attached hydrogen (secondary N) is 3. The highest BCUT2D eigenvalue weighted by Gasteiger charge is 2.06. The number of carbonyl (C=O) groups is 2. The van der Waals surface area contributed by atoms with Gasteiger partial charge in [0.15, 0.2) is 0 Å². The van der Waals surface area contributed by atoms with Crippen LogP contribution in [0.3, 0.4) is 0 Å². The van der Waals surface area contributed by atoms with Gasteiger partial charge in [-0.2, -0.15) is 0 Å². The van der Waals surface area contributed by atoms with Crippen molar-refractivity contribution in [2.75, 3.05) is 17.7 Å². The second kappa shape index (κ2) is 5.16. The van der Waals surface area contributed by atoms with Gasteiger partial charge < -0.3 is 16.0 Å². The molecule has 3 N–H and O–H groups in total. The largest absolute Gasteiger partial charge is 0.341 e. The molecule has 1 rings (SSSR count). The number of benzene rings is 1. The van der Waals surface area contributed by atoms with E-state index >= 15 is 0 Å². The van der Waals surface area contributed by atoms with Crippen LogP contribution in [0.1, 0.15) is 12.5 Å². The van der Waals surface area contributed by atoms with E-state index in [0.717, 1.165) is 5.56 Å². The first-order chi connectivity index (χ1) is 7.54. The molecule has 0 saturated carbocycles. The van der Waals surface area contributed by atoms with Crippen LogP contribution in [-0.4, -0.2) is 19.0 Å². The first kappa shape index (κ1) is 12.0. The summed E-state index contributed by atoms with van der Waals surface area (Å²) in [6, 6.07) is 5.04. The lowest BCUT2D eigenvalue weighted by Crippen LogP contribution is -2.25. The molecule has 1 aromatic rings. The maximum Gasteiger partial charge on any atom is 0.318 e. The molecule has 0 unspecified atom stereocenters. The fourth-order valence-electron chi connectivity index (χ4n) is 1.28. The van der Waals surface area contributed by atoms with Crippen molar-refractivity contribution in [1.82, 2.24) is 5.32 Å². The molecule has 0 aliphatic heterocycles. The van der Waals surface area contributed by atoms with E-state index in [9.17, 15) is 9.59 Å². The predicted molar refractivity (Wildman–Crippen MR) is 63.6 cm³/mol. The Bertz CT molecular complexity index is 416. The zero-order chi connectivity index (χ0) is 12.1. The standard InChI is InChI=1S/C11H15N3O2/c1-7-9(13-8(2)15)5-4-6-10(7)14-11(16)12-3/h4-6H,1-3H3,(H,13,15)(H2,12,14,16). The lowest BCUT2D eigenvalue weighted by Gasteiger charge is -2.12. The van der Waals surface area contributed by atoms with Gasteiger partial charge in [-0.05, 0) is 24.6 Å². The van der Waals surface area contributed by atoms with Gasteiger partial charge in [0.25, 0.3) is 0 Å². The van der Waals surface area contributed by atoms with Crippen LogP contribution < -0.4 is 16.0 Å². The molecule has 0 atom stereocenters. The summed E-state index contributed by atoms with van der Waals surface area (Å²) in [7, 11) is 1.54. The van der Waals surface area contributed by atoms with Gasteiger partial charge in [-0.3, -0.25) is 4.79 Å². The third-order valence-electron chi connectivity index (χ3n) is 2.12. The summed E-state index contributed by atoms with van der Waals surface area (Å²) in [5.74, 6) is -0.139. The third-order valence-corrected chi connectivity index (χ3v) is 2.12. The monoisotopic (exact) mass is 221 g/mol. The van der Waals surface area contributed by atoms with E-state index in [1.54, 1.807) is 25.2 Å². The number of urea groups is 1. The number of hydrogen-bond donors (Lipinski definition) is 3. The van der Waals surface area contributed by atoms with Crippen molar-refractivity contribution in [1.29, 1.82) is 0 Å². The van der Waals surface area contributed by atoms with Crippen LogP contribution in [0.15, 0.2) is 18.2 Å². The number of carbonyl (C=O) groups excluding carboxylic acids is 2. The molecular formula is C11H15N3O2. The molecule has 5 nitrogen and oxygen atoms in total. The van der Waals surface area contributed by atoms with Crippen LogP contribution in [-0.2, 0) is 4.79 Å². The fraction of sp³-hybridized carbons (Fsp3) is 0.273. The van der Waals surface area contributed by atoms with Gasteiger partial charge in [-0.15, -0.1) is 0 Å². The lowest BCUT2D eigenvalue weighted by molar-refractivity contribution is -0.114. The van der Waals surface area contributed by atoms with Gasteiger partial charge in [-0.25, -0.2) is 4.79 Å². The van der Waals surface area contributed by atoms with Crippen LogP contribution in [0.25, 0.3) is 0 Å². The van der Waals surface area contributed by atoms with Crippen LogP contribution in [0, 0.1) is 6.92 Å². The Morgan fingerprint density at radius 1 is 1.12 bits per heavy atom. The maximum absolute atomic E-state index is 11.2. The minimum absolute atomic E-state index is 0.139. The van der Waals surface area contributed by atoms with E-state index < -0.39 is 0 Å². The number of amides is 3. The Balaban J connectivity index is 2.94. The highest BCUT2D eigenvalue weighted by atomic mass is 16.2. The normalized spacial score (nSPS) is 9.44. The van der Waals surface area contributed by atoms with Crippen molar-refractivity contribution >= 4 is 23.3 Å². The predicted octanol–water partition coefficient (Wildman–Crippen LogP) is 1.70. The first-order valence-corrected chi connectivity index (χ1v) is 4.90. The summed E-state index contributed by atoms with van der Waals surface area (Å²) in [6.45, 7) is 3.27. The molecule has 0 fully saturated rings. The highest BCUT2D eigenvalue weighted by molar-refractivity contribution is 5.94. The summed E-state index contributed by atoms with van der Waals surface area (Å²) in [5.41, 5.74) is 2.19. The average molecular weight is 221 g/mol. The van der Waals surface area contributed by atoms with Crippen LogP contribution in [0.4, 0.5) is 16.2 Å². The van der Waals surface area contributed by atoms with Crippen molar-refractivity contribution in [3.05, 3.63) is 23.8 Å². The molecule has 16 heavy (non-hydrogen) atoms. The van der Waals surface area contributed by atoms with E-state index in [0.29, 0.717) is 11.4 Å². The van der Waals surface area contributed by atoms with Gasteiger partial charge in [0.2, 0.25) is 5.91 Å². The third kappa shape index (κ3) is 2.98. The van der Waals surface area contributed by atoms with Gasteiger partial charge >= 0.3 is 6.03 Å². The minimum Gasteiger partial charge on any atom is -0.341 e. The van der Waals surface area contributed by atoms with Crippen molar-refractivity contribution in [3.8, 4) is 0 Å². The molecule has 0 radical (unpaired) electrons. The summed E-state index contributed by atoms with van der Waals surface area (Å²) >= 11 is 0. The number of anilines is 2. The summed E-state index contributed by atoms with van der Waals surface area (Å²) in [6.07, 6.45) is 0. The Hall–Kier alpha value is -2.04. The zero-order valence-electron chi connectivity index (χ0n) is 9.55. The molecule has 0 aliphatic rings. The maximum atomic E-state index is 11.2. The lowest BCUT2D eigenvalue weighted by atomic mass is 10.1. The second-order valence-corrected chi connectivity index (χ2v) is 3.36. The van der Waals surface area contributed by atoms with Crippen molar-refractivity contribution in [2.24, 2.45) is 0 Å². The van der Waals surface area contributed by atoms with Gasteiger partial charge in [0.1, 0.15) is 0 Å². The quantitative estimate of drug-likeness (QED) is 0.711. The molecule has 5 heteroatoms. The highest BCUT2D eigenvalue weighted by Crippen LogP contribution is 2.23. The van der Waals surface area contributed by atoms with Gasteiger partial charge in [0, 0.05) is 25.3 Å². The van der Waals surface area contributed by atoms with Crippen LogP contribution in [0.5, 0.6) is 0 Å². The minimum atomic E-state index is -0.289. The molecule has 0 heterocycles. The summed E-state index contributed by atoms with van der Waals surface area (Å²) < 4.78 is 0. The first-order valence-electron chi connectivity index (χ1n) is 4.90. The topological polar surface area (TPSA) is 70.2 Å². The molecule has 0 bridgehead atoms. The molecule has 0 aliphatic carbocycles. The Labute approximate surface area is 94.2 Å². The smallest absolute Gasteiger partial charge is 0.318 e. The molecule has 1 aromatic carbocycles. The Kier molecular flexibility index (Phi) is 3.88. The van der Waals surface area contributed by atoms with Crippen molar-refractivity contribution < 1.29 is 9.59 Å². The van der Waals surface area contributed by atoms with Crippen LogP contribution >= 0.6 is 0 Å². The van der Waals surface area contributed by atoms with Gasteiger partial charge in [-0.1, -0.05) is 6.07 Å². The zero-order valence-corrected chi connectivity index (χ0v) is 9.55. The Morgan fingerprint density at radius 2 is 1.69 bits per heavy atom. The molecule has 3 amide bonds. The van der Waals surface area contributed by atoms with Gasteiger partial charge in [0.05, 0.1) is 0 Å². The summed E-state index contributed by atoms with van der Waals surface area (Å²) in [5, 5.41) is 7.83. The SMILES string of the molecule is CNC(=O)Nc1cccc(NC(C)=O)c1C. The average Bonchev–Trinajstić information content (AvgIpc) is 2.23.